The monoisotopic (exact) mass is 235 g/mol. The van der Waals surface area contributed by atoms with Crippen molar-refractivity contribution in [1.82, 2.24) is 19.5 Å². The lowest BCUT2D eigenvalue weighted by Gasteiger charge is -2.12. The van der Waals surface area contributed by atoms with Crippen LogP contribution in [0.25, 0.3) is 11.2 Å². The number of nitrogens with zero attached hydrogens (tertiary/aromatic N) is 3. The van der Waals surface area contributed by atoms with Crippen LogP contribution in [0.4, 0.5) is 5.95 Å². The molecule has 17 heavy (non-hydrogen) atoms. The van der Waals surface area contributed by atoms with Crippen LogP contribution in [0.3, 0.4) is 0 Å². The molecule has 0 amide bonds. The van der Waals surface area contributed by atoms with Crippen LogP contribution in [0.15, 0.2) is 11.1 Å². The summed E-state index contributed by atoms with van der Waals surface area (Å²) < 4.78 is 1.91. The average molecular weight is 235 g/mol. The Balaban J connectivity index is 2.45. The van der Waals surface area contributed by atoms with Gasteiger partial charge in [0.2, 0.25) is 5.95 Å². The molecular weight excluding hydrogens is 218 g/mol. The first-order valence-electron chi connectivity index (χ1n) is 5.85. The molecule has 0 saturated carbocycles. The highest BCUT2D eigenvalue weighted by molar-refractivity contribution is 5.70. The summed E-state index contributed by atoms with van der Waals surface area (Å²) >= 11 is 0. The van der Waals surface area contributed by atoms with Gasteiger partial charge in [0.15, 0.2) is 11.2 Å². The molecule has 1 unspecified atom stereocenters. The number of fused-ring (bicyclic) bond motifs is 1. The molecule has 2 rings (SSSR count). The zero-order valence-corrected chi connectivity index (χ0v) is 10.1. The van der Waals surface area contributed by atoms with Crippen molar-refractivity contribution in [3.8, 4) is 0 Å². The molecule has 92 valence electrons. The second-order valence-corrected chi connectivity index (χ2v) is 4.27. The van der Waals surface area contributed by atoms with Crippen molar-refractivity contribution in [2.45, 2.75) is 39.2 Å². The molecule has 2 aromatic rings. The van der Waals surface area contributed by atoms with Crippen molar-refractivity contribution in [2.75, 3.05) is 5.73 Å². The van der Waals surface area contributed by atoms with Crippen LogP contribution < -0.4 is 11.3 Å². The molecule has 3 N–H and O–H groups in total. The van der Waals surface area contributed by atoms with Crippen molar-refractivity contribution >= 4 is 17.1 Å². The van der Waals surface area contributed by atoms with Gasteiger partial charge >= 0.3 is 0 Å². The van der Waals surface area contributed by atoms with E-state index in [1.807, 2.05) is 4.57 Å². The topological polar surface area (TPSA) is 89.6 Å². The summed E-state index contributed by atoms with van der Waals surface area (Å²) in [5.41, 5.74) is 6.18. The number of anilines is 1. The summed E-state index contributed by atoms with van der Waals surface area (Å²) in [4.78, 5) is 22.3. The Labute approximate surface area is 98.9 Å². The van der Waals surface area contributed by atoms with Gasteiger partial charge in [0, 0.05) is 6.04 Å². The molecule has 0 aromatic carbocycles. The Morgan fingerprint density at radius 1 is 1.59 bits per heavy atom. The van der Waals surface area contributed by atoms with E-state index < -0.39 is 0 Å². The van der Waals surface area contributed by atoms with Gasteiger partial charge in [-0.1, -0.05) is 19.8 Å². The van der Waals surface area contributed by atoms with E-state index in [4.69, 9.17) is 5.73 Å². The molecule has 0 bridgehead atoms. The second kappa shape index (κ2) is 4.57. The fourth-order valence-corrected chi connectivity index (χ4v) is 1.90. The van der Waals surface area contributed by atoms with E-state index in [0.717, 1.165) is 19.3 Å². The summed E-state index contributed by atoms with van der Waals surface area (Å²) in [5, 5.41) is 0. The van der Waals surface area contributed by atoms with Gasteiger partial charge in [0.1, 0.15) is 0 Å². The first-order chi connectivity index (χ1) is 8.13. The normalized spacial score (nSPS) is 13.1. The van der Waals surface area contributed by atoms with Crippen LogP contribution >= 0.6 is 0 Å². The van der Waals surface area contributed by atoms with Crippen LogP contribution in [0, 0.1) is 0 Å². The number of H-pyrrole nitrogens is 1. The molecule has 0 aliphatic carbocycles. The largest absolute Gasteiger partial charge is 0.369 e. The molecule has 1 atom stereocenters. The summed E-state index contributed by atoms with van der Waals surface area (Å²) in [6.45, 7) is 4.25. The van der Waals surface area contributed by atoms with Crippen molar-refractivity contribution < 1.29 is 0 Å². The van der Waals surface area contributed by atoms with E-state index in [1.54, 1.807) is 6.33 Å². The smallest absolute Gasteiger partial charge is 0.280 e. The number of nitrogens with one attached hydrogen (secondary N) is 1. The molecular formula is C11H17N5O. The Bertz CT molecular complexity index is 571. The molecule has 0 saturated heterocycles. The standard InChI is InChI=1S/C11H17N5O/c1-3-4-5-7(2)16-6-13-8-9(16)14-11(12)15-10(8)17/h6-7H,3-5H2,1-2H3,(H3,12,14,15,17). The van der Waals surface area contributed by atoms with E-state index in [1.165, 1.54) is 0 Å². The maximum atomic E-state index is 11.6. The van der Waals surface area contributed by atoms with Gasteiger partial charge < -0.3 is 10.3 Å². The molecule has 0 spiro atoms. The van der Waals surface area contributed by atoms with Gasteiger partial charge in [-0.3, -0.25) is 9.78 Å². The minimum Gasteiger partial charge on any atom is -0.369 e. The van der Waals surface area contributed by atoms with Gasteiger partial charge in [-0.05, 0) is 13.3 Å². The van der Waals surface area contributed by atoms with Crippen LogP contribution in [0.5, 0.6) is 0 Å². The van der Waals surface area contributed by atoms with Gasteiger partial charge in [-0.2, -0.15) is 4.98 Å². The molecule has 6 heteroatoms. The Morgan fingerprint density at radius 3 is 3.06 bits per heavy atom. The molecule has 0 radical (unpaired) electrons. The summed E-state index contributed by atoms with van der Waals surface area (Å²) in [7, 11) is 0. The molecule has 0 aliphatic rings. The van der Waals surface area contributed by atoms with Crippen LogP contribution in [-0.4, -0.2) is 19.5 Å². The number of unbranched alkanes of at least 4 members (excludes halogenated alkanes) is 1. The number of imidazole rings is 1. The zero-order valence-electron chi connectivity index (χ0n) is 10.1. The van der Waals surface area contributed by atoms with E-state index in [9.17, 15) is 4.79 Å². The van der Waals surface area contributed by atoms with E-state index in [2.05, 4.69) is 28.8 Å². The molecule has 0 aliphatic heterocycles. The Kier molecular flexibility index (Phi) is 3.12. The number of nitrogens with two attached hydrogens (primary N) is 1. The van der Waals surface area contributed by atoms with Crippen molar-refractivity contribution in [3.63, 3.8) is 0 Å². The summed E-state index contributed by atoms with van der Waals surface area (Å²) in [5.74, 6) is 0.131. The van der Waals surface area contributed by atoms with Crippen molar-refractivity contribution in [1.29, 1.82) is 0 Å². The number of aromatic nitrogens is 4. The molecule has 2 heterocycles. The second-order valence-electron chi connectivity index (χ2n) is 4.27. The van der Waals surface area contributed by atoms with Gasteiger partial charge in [0.05, 0.1) is 6.33 Å². The number of hydrogen-bond donors (Lipinski definition) is 2. The lowest BCUT2D eigenvalue weighted by Crippen LogP contribution is -2.13. The van der Waals surface area contributed by atoms with Crippen LogP contribution in [0.1, 0.15) is 39.2 Å². The van der Waals surface area contributed by atoms with Crippen LogP contribution in [-0.2, 0) is 0 Å². The first kappa shape index (κ1) is 11.6. The predicted octanol–water partition coefficient (Wildman–Crippen LogP) is 1.45. The number of hydrogen-bond acceptors (Lipinski definition) is 4. The highest BCUT2D eigenvalue weighted by Crippen LogP contribution is 2.18. The average Bonchev–Trinajstić information content (AvgIpc) is 2.69. The predicted molar refractivity (Wildman–Crippen MR) is 66.8 cm³/mol. The third-order valence-corrected chi connectivity index (χ3v) is 2.90. The van der Waals surface area contributed by atoms with E-state index in [-0.39, 0.29) is 17.5 Å². The minimum atomic E-state index is -0.283. The number of rotatable bonds is 4. The summed E-state index contributed by atoms with van der Waals surface area (Å²) in [6.07, 6.45) is 4.98. The molecule has 2 aromatic heterocycles. The van der Waals surface area contributed by atoms with Crippen molar-refractivity contribution in [2.24, 2.45) is 0 Å². The first-order valence-corrected chi connectivity index (χ1v) is 5.85. The number of aromatic amines is 1. The summed E-state index contributed by atoms with van der Waals surface area (Å²) in [6, 6.07) is 0.272. The van der Waals surface area contributed by atoms with Crippen molar-refractivity contribution in [3.05, 3.63) is 16.7 Å². The van der Waals surface area contributed by atoms with E-state index in [0.29, 0.717) is 11.2 Å². The molecule has 0 fully saturated rings. The zero-order chi connectivity index (χ0) is 12.4. The third kappa shape index (κ3) is 2.15. The highest BCUT2D eigenvalue weighted by atomic mass is 16.1. The number of nitrogen functional groups attached to an aromatic ring is 1. The minimum absolute atomic E-state index is 0.131. The Morgan fingerprint density at radius 2 is 2.35 bits per heavy atom. The van der Waals surface area contributed by atoms with Gasteiger partial charge in [0.25, 0.3) is 5.56 Å². The van der Waals surface area contributed by atoms with Gasteiger partial charge in [-0.25, -0.2) is 4.98 Å². The maximum absolute atomic E-state index is 11.6. The fraction of sp³-hybridized carbons (Fsp3) is 0.545. The highest BCUT2D eigenvalue weighted by Gasteiger charge is 2.13. The van der Waals surface area contributed by atoms with Crippen LogP contribution in [0.2, 0.25) is 0 Å². The lowest BCUT2D eigenvalue weighted by molar-refractivity contribution is 0.493. The Hall–Kier alpha value is -1.85. The fourth-order valence-electron chi connectivity index (χ4n) is 1.90. The third-order valence-electron chi connectivity index (χ3n) is 2.90. The maximum Gasteiger partial charge on any atom is 0.280 e. The molecule has 6 nitrogen and oxygen atoms in total. The van der Waals surface area contributed by atoms with E-state index >= 15 is 0 Å². The lowest BCUT2D eigenvalue weighted by atomic mass is 10.1. The SMILES string of the molecule is CCCCC(C)n1cnc2c(=O)[nH]c(N)nc21. The van der Waals surface area contributed by atoms with Gasteiger partial charge in [-0.15, -0.1) is 0 Å². The quantitative estimate of drug-likeness (QED) is 0.839.